The summed E-state index contributed by atoms with van der Waals surface area (Å²) in [4.78, 5) is 0. The van der Waals surface area contributed by atoms with Crippen molar-refractivity contribution in [1.82, 2.24) is 15.0 Å². The zero-order chi connectivity index (χ0) is 8.48. The summed E-state index contributed by atoms with van der Waals surface area (Å²) in [7, 11) is -1.88. The molecule has 0 saturated carbocycles. The molecule has 0 atom stereocenters. The minimum absolute atomic E-state index is 0.0486. The molecule has 0 saturated heterocycles. The first-order chi connectivity index (χ1) is 5.08. The Morgan fingerprint density at radius 3 is 2.73 bits per heavy atom. The molecule has 0 radical (unpaired) electrons. The van der Waals surface area contributed by atoms with Gasteiger partial charge < -0.3 is 0 Å². The van der Waals surface area contributed by atoms with E-state index in [4.69, 9.17) is 0 Å². The van der Waals surface area contributed by atoms with E-state index >= 15 is 0 Å². The molecule has 0 aliphatic carbocycles. The first kappa shape index (κ1) is 7.93. The third-order valence-electron chi connectivity index (χ3n) is 1.18. The Morgan fingerprint density at radius 2 is 2.36 bits per heavy atom. The zero-order valence-electron chi connectivity index (χ0n) is 5.93. The Balaban J connectivity index is 3.33. The Morgan fingerprint density at radius 1 is 1.73 bits per heavy atom. The van der Waals surface area contributed by atoms with Gasteiger partial charge in [-0.15, -0.1) is 5.10 Å². The van der Waals surface area contributed by atoms with Gasteiger partial charge in [0.15, 0.2) is 5.03 Å². The maximum absolute atomic E-state index is 11.1. The lowest BCUT2D eigenvalue weighted by Gasteiger charge is -1.94. The van der Waals surface area contributed by atoms with E-state index in [0.29, 0.717) is 0 Å². The van der Waals surface area contributed by atoms with Gasteiger partial charge in [0.1, 0.15) is 0 Å². The Hall–Kier alpha value is -1.17. The van der Waals surface area contributed by atoms with Gasteiger partial charge in [0, 0.05) is 12.5 Å². The molecule has 0 N–H and O–H groups in total. The molecular formula is C5H7N3O2S. The Bertz CT molecular complexity index is 365. The highest BCUT2D eigenvalue weighted by atomic mass is 32.2. The molecule has 0 unspecified atom stereocenters. The van der Waals surface area contributed by atoms with Crippen LogP contribution in [0.3, 0.4) is 0 Å². The monoisotopic (exact) mass is 173 g/mol. The fourth-order valence-electron chi connectivity index (χ4n) is 0.623. The van der Waals surface area contributed by atoms with Crippen LogP contribution in [0.1, 0.15) is 0 Å². The second-order valence-electron chi connectivity index (χ2n) is 1.91. The van der Waals surface area contributed by atoms with Crippen molar-refractivity contribution in [3.8, 4) is 0 Å². The van der Waals surface area contributed by atoms with Crippen LogP contribution in [-0.2, 0) is 16.9 Å². The van der Waals surface area contributed by atoms with Crippen molar-refractivity contribution in [3.05, 3.63) is 18.2 Å². The molecule has 1 heterocycles. The quantitative estimate of drug-likeness (QED) is 0.617. The van der Waals surface area contributed by atoms with Crippen LogP contribution in [0, 0.1) is 0 Å². The molecule has 0 spiro atoms. The predicted molar refractivity (Wildman–Crippen MR) is 38.4 cm³/mol. The van der Waals surface area contributed by atoms with E-state index in [1.165, 1.54) is 17.9 Å². The molecule has 1 aromatic rings. The highest BCUT2D eigenvalue weighted by molar-refractivity contribution is 7.94. The number of sulfone groups is 1. The Kier molecular flexibility index (Phi) is 1.77. The summed E-state index contributed by atoms with van der Waals surface area (Å²) in [5, 5.41) is 7.81. The Labute approximate surface area is 64.3 Å². The number of nitrogens with zero attached hydrogens (tertiary/aromatic N) is 3. The van der Waals surface area contributed by atoms with Gasteiger partial charge in [-0.25, -0.2) is 13.1 Å². The van der Waals surface area contributed by atoms with Crippen LogP contribution >= 0.6 is 0 Å². The number of rotatable bonds is 2. The molecule has 0 amide bonds. The van der Waals surface area contributed by atoms with Crippen LogP contribution in [-0.4, -0.2) is 23.4 Å². The van der Waals surface area contributed by atoms with E-state index in [-0.39, 0.29) is 5.03 Å². The minimum atomic E-state index is -3.38. The van der Waals surface area contributed by atoms with Crippen molar-refractivity contribution < 1.29 is 8.42 Å². The third kappa shape index (κ3) is 1.30. The molecule has 0 aliphatic rings. The average molecular weight is 173 g/mol. The lowest BCUT2D eigenvalue weighted by molar-refractivity contribution is 0.582. The number of aryl methyl sites for hydroxylation is 1. The third-order valence-corrected chi connectivity index (χ3v) is 2.58. The predicted octanol–water partition coefficient (Wildman–Crippen LogP) is -0.268. The molecule has 5 nitrogen and oxygen atoms in total. The summed E-state index contributed by atoms with van der Waals surface area (Å²) in [6, 6.07) is 0. The largest absolute Gasteiger partial charge is 0.237 e. The highest BCUT2D eigenvalue weighted by Crippen LogP contribution is 2.06. The zero-order valence-corrected chi connectivity index (χ0v) is 6.74. The minimum Gasteiger partial charge on any atom is -0.237 e. The van der Waals surface area contributed by atoms with Crippen LogP contribution in [0.4, 0.5) is 0 Å². The van der Waals surface area contributed by atoms with Crippen LogP contribution in [0.25, 0.3) is 0 Å². The second kappa shape index (κ2) is 2.46. The van der Waals surface area contributed by atoms with Crippen molar-refractivity contribution in [2.45, 2.75) is 5.03 Å². The van der Waals surface area contributed by atoms with Gasteiger partial charge in [0.2, 0.25) is 9.84 Å². The molecule has 0 fully saturated rings. The summed E-state index contributed by atoms with van der Waals surface area (Å²) in [5.74, 6) is 0. The number of hydrogen-bond donors (Lipinski definition) is 0. The van der Waals surface area contributed by atoms with Crippen LogP contribution in [0.15, 0.2) is 23.2 Å². The topological polar surface area (TPSA) is 64.8 Å². The normalized spacial score (nSPS) is 11.4. The SMILES string of the molecule is C=CS(=O)(=O)c1cnnn1C. The molecule has 11 heavy (non-hydrogen) atoms. The summed E-state index contributed by atoms with van der Waals surface area (Å²) in [6.45, 7) is 3.17. The summed E-state index contributed by atoms with van der Waals surface area (Å²) in [5.41, 5.74) is 0. The van der Waals surface area contributed by atoms with Gasteiger partial charge in [-0.2, -0.15) is 0 Å². The van der Waals surface area contributed by atoms with Gasteiger partial charge in [-0.05, 0) is 0 Å². The molecule has 0 aliphatic heterocycles. The van der Waals surface area contributed by atoms with E-state index in [1.54, 1.807) is 0 Å². The highest BCUT2D eigenvalue weighted by Gasteiger charge is 2.13. The summed E-state index contributed by atoms with van der Waals surface area (Å²) < 4.78 is 23.3. The molecular weight excluding hydrogens is 166 g/mol. The molecule has 0 aromatic carbocycles. The standard InChI is InChI=1S/C5H7N3O2S/c1-3-11(9,10)5-4-6-7-8(5)2/h3-4H,1H2,2H3. The average Bonchev–Trinajstić information content (AvgIpc) is 2.36. The van der Waals surface area contributed by atoms with Crippen molar-refractivity contribution in [2.24, 2.45) is 7.05 Å². The van der Waals surface area contributed by atoms with Gasteiger partial charge in [0.25, 0.3) is 0 Å². The molecule has 0 bridgehead atoms. The maximum Gasteiger partial charge on any atom is 0.217 e. The first-order valence-corrected chi connectivity index (χ1v) is 4.35. The first-order valence-electron chi connectivity index (χ1n) is 2.80. The van der Waals surface area contributed by atoms with Crippen molar-refractivity contribution in [1.29, 1.82) is 0 Å². The van der Waals surface area contributed by atoms with E-state index in [2.05, 4.69) is 16.9 Å². The van der Waals surface area contributed by atoms with Crippen LogP contribution < -0.4 is 0 Å². The van der Waals surface area contributed by atoms with E-state index < -0.39 is 9.84 Å². The second-order valence-corrected chi connectivity index (χ2v) is 3.75. The van der Waals surface area contributed by atoms with E-state index in [1.807, 2.05) is 0 Å². The summed E-state index contributed by atoms with van der Waals surface area (Å²) in [6.07, 6.45) is 1.18. The van der Waals surface area contributed by atoms with E-state index in [9.17, 15) is 8.42 Å². The number of aromatic nitrogens is 3. The molecule has 6 heteroatoms. The van der Waals surface area contributed by atoms with Gasteiger partial charge in [-0.1, -0.05) is 11.8 Å². The summed E-state index contributed by atoms with van der Waals surface area (Å²) >= 11 is 0. The maximum atomic E-state index is 11.1. The fourth-order valence-corrected chi connectivity index (χ4v) is 1.39. The number of hydrogen-bond acceptors (Lipinski definition) is 4. The smallest absolute Gasteiger partial charge is 0.217 e. The molecule has 1 aromatic heterocycles. The van der Waals surface area contributed by atoms with Crippen LogP contribution in [0.5, 0.6) is 0 Å². The van der Waals surface area contributed by atoms with Crippen molar-refractivity contribution in [3.63, 3.8) is 0 Å². The fraction of sp³-hybridized carbons (Fsp3) is 0.200. The van der Waals surface area contributed by atoms with Crippen LogP contribution in [0.2, 0.25) is 0 Å². The lowest BCUT2D eigenvalue weighted by atomic mass is 10.9. The van der Waals surface area contributed by atoms with Crippen molar-refractivity contribution in [2.75, 3.05) is 0 Å². The van der Waals surface area contributed by atoms with Gasteiger partial charge >= 0.3 is 0 Å². The molecule has 1 rings (SSSR count). The lowest BCUT2D eigenvalue weighted by Crippen LogP contribution is -2.03. The van der Waals surface area contributed by atoms with Gasteiger partial charge in [0.05, 0.1) is 6.20 Å². The van der Waals surface area contributed by atoms with Crippen molar-refractivity contribution >= 4 is 9.84 Å². The van der Waals surface area contributed by atoms with E-state index in [0.717, 1.165) is 5.41 Å². The van der Waals surface area contributed by atoms with Gasteiger partial charge in [-0.3, -0.25) is 0 Å². The molecule has 60 valence electrons.